The van der Waals surface area contributed by atoms with E-state index < -0.39 is 25.9 Å². The molecule has 2 unspecified atom stereocenters. The highest BCUT2D eigenvalue weighted by Crippen LogP contribution is 2.43. The van der Waals surface area contributed by atoms with Gasteiger partial charge in [0.05, 0.1) is 19.8 Å². The lowest BCUT2D eigenvalue weighted by molar-refractivity contribution is -0.138. The summed E-state index contributed by atoms with van der Waals surface area (Å²) in [6.45, 7) is 2.95. The molecule has 0 heterocycles. The molecule has 0 aliphatic heterocycles. The van der Waals surface area contributed by atoms with Crippen LogP contribution in [0.2, 0.25) is 0 Å². The molecule has 0 aromatic carbocycles. The van der Waals surface area contributed by atoms with Gasteiger partial charge in [-0.2, -0.15) is 0 Å². The monoisotopic (exact) mass is 568 g/mol. The fourth-order valence-corrected chi connectivity index (χ4v) is 4.68. The van der Waals surface area contributed by atoms with Crippen molar-refractivity contribution in [2.45, 2.75) is 129 Å². The molecule has 10 nitrogen and oxygen atoms in total. The average molecular weight is 569 g/mol. The molecule has 3 N–H and O–H groups in total. The molecule has 38 heavy (non-hydrogen) atoms. The maximum atomic E-state index is 11.9. The van der Waals surface area contributed by atoms with Crippen LogP contribution in [0.4, 0.5) is 0 Å². The molecule has 0 fully saturated rings. The zero-order valence-corrected chi connectivity index (χ0v) is 24.4. The van der Waals surface area contributed by atoms with Crippen molar-refractivity contribution in [1.29, 1.82) is 0 Å². The van der Waals surface area contributed by atoms with Crippen LogP contribution in [0.1, 0.15) is 122 Å². The van der Waals surface area contributed by atoms with Crippen molar-refractivity contribution in [3.05, 3.63) is 0 Å². The molecule has 2 atom stereocenters. The van der Waals surface area contributed by atoms with Crippen LogP contribution in [0.5, 0.6) is 0 Å². The zero-order chi connectivity index (χ0) is 28.3. The zero-order valence-electron chi connectivity index (χ0n) is 23.5. The lowest BCUT2D eigenvalue weighted by atomic mass is 10.0. The quantitative estimate of drug-likeness (QED) is 0.0628. The summed E-state index contributed by atoms with van der Waals surface area (Å²) in [6.07, 6.45) is 16.3. The number of carboxylic acids is 2. The van der Waals surface area contributed by atoms with Gasteiger partial charge in [0.15, 0.2) is 0 Å². The standard InChI is InChI=1S/C27H53O10P/c1-2-20-36-38(32,33)37-24-25(35-22-17-15-19-27(30)31)23-34-21-16-13-11-9-7-5-3-4-6-8-10-12-14-18-26(28)29/h25H,2-24H2,1H3,(H,28,29)(H,30,31)(H,32,33). The Morgan fingerprint density at radius 2 is 1.08 bits per heavy atom. The van der Waals surface area contributed by atoms with Crippen molar-refractivity contribution in [1.82, 2.24) is 0 Å². The predicted octanol–water partition coefficient (Wildman–Crippen LogP) is 6.73. The Bertz CT molecular complexity index is 617. The maximum absolute atomic E-state index is 11.9. The molecular weight excluding hydrogens is 515 g/mol. The van der Waals surface area contributed by atoms with Crippen LogP contribution in [0.3, 0.4) is 0 Å². The number of carboxylic acid groups (broad SMARTS) is 2. The van der Waals surface area contributed by atoms with Crippen LogP contribution >= 0.6 is 7.82 Å². The third kappa shape index (κ3) is 28.0. The third-order valence-corrected chi connectivity index (χ3v) is 6.99. The summed E-state index contributed by atoms with van der Waals surface area (Å²) in [5.74, 6) is -1.55. The van der Waals surface area contributed by atoms with E-state index in [1.807, 2.05) is 6.92 Å². The molecule has 0 saturated carbocycles. The van der Waals surface area contributed by atoms with E-state index in [9.17, 15) is 19.0 Å². The van der Waals surface area contributed by atoms with Crippen LogP contribution in [0, 0.1) is 0 Å². The second-order valence-electron chi connectivity index (χ2n) is 9.76. The Morgan fingerprint density at radius 3 is 1.58 bits per heavy atom. The van der Waals surface area contributed by atoms with E-state index in [4.69, 9.17) is 28.7 Å². The van der Waals surface area contributed by atoms with Crippen molar-refractivity contribution < 1.29 is 47.8 Å². The summed E-state index contributed by atoms with van der Waals surface area (Å²) in [4.78, 5) is 30.8. The first-order valence-corrected chi connectivity index (χ1v) is 16.0. The van der Waals surface area contributed by atoms with Crippen molar-refractivity contribution in [2.24, 2.45) is 0 Å². The Labute approximate surface area is 229 Å². The number of hydrogen-bond acceptors (Lipinski definition) is 7. The minimum atomic E-state index is -4.13. The number of rotatable bonds is 30. The molecule has 0 aliphatic carbocycles. The van der Waals surface area contributed by atoms with Gasteiger partial charge < -0.3 is 24.6 Å². The number of hydrogen-bond donors (Lipinski definition) is 3. The molecule has 0 radical (unpaired) electrons. The minimum Gasteiger partial charge on any atom is -0.481 e. The lowest BCUT2D eigenvalue weighted by Crippen LogP contribution is -2.26. The molecule has 0 rings (SSSR count). The Hall–Kier alpha value is -1.03. The van der Waals surface area contributed by atoms with Gasteiger partial charge in [0.25, 0.3) is 0 Å². The SMILES string of the molecule is CCCOP(=O)(O)OCC(COCCCCCCCCCCCCCCCC(=O)O)OCCCCC(=O)O. The smallest absolute Gasteiger partial charge is 0.472 e. The number of phosphoric acid groups is 1. The Morgan fingerprint density at radius 1 is 0.632 bits per heavy atom. The average Bonchev–Trinajstić information content (AvgIpc) is 2.86. The minimum absolute atomic E-state index is 0.0787. The molecule has 0 saturated heterocycles. The molecular formula is C27H53O10P. The van der Waals surface area contributed by atoms with Crippen LogP contribution in [0.25, 0.3) is 0 Å². The number of aliphatic carboxylic acids is 2. The van der Waals surface area contributed by atoms with Crippen molar-refractivity contribution in [3.63, 3.8) is 0 Å². The normalized spacial score (nSPS) is 13.8. The Kier molecular flexibility index (Phi) is 25.5. The topological polar surface area (TPSA) is 149 Å². The van der Waals surface area contributed by atoms with Gasteiger partial charge in [-0.05, 0) is 32.1 Å². The predicted molar refractivity (Wildman–Crippen MR) is 146 cm³/mol. The molecule has 226 valence electrons. The first-order valence-electron chi connectivity index (χ1n) is 14.5. The van der Waals surface area contributed by atoms with E-state index in [0.29, 0.717) is 32.5 Å². The number of phosphoric ester groups is 1. The van der Waals surface area contributed by atoms with E-state index in [0.717, 1.165) is 32.1 Å². The van der Waals surface area contributed by atoms with E-state index in [1.54, 1.807) is 0 Å². The van der Waals surface area contributed by atoms with Crippen molar-refractivity contribution in [2.75, 3.05) is 33.0 Å². The van der Waals surface area contributed by atoms with E-state index in [-0.39, 0.29) is 32.7 Å². The van der Waals surface area contributed by atoms with Crippen LogP contribution in [-0.4, -0.2) is 66.2 Å². The van der Waals surface area contributed by atoms with Gasteiger partial charge in [0, 0.05) is 26.1 Å². The summed E-state index contributed by atoms with van der Waals surface area (Å²) >= 11 is 0. The molecule has 0 aliphatic rings. The molecule has 0 bridgehead atoms. The number of carbonyl (C=O) groups is 2. The summed E-state index contributed by atoms with van der Waals surface area (Å²) in [5, 5.41) is 17.3. The van der Waals surface area contributed by atoms with Crippen molar-refractivity contribution >= 4 is 19.8 Å². The second kappa shape index (κ2) is 26.2. The summed E-state index contributed by atoms with van der Waals surface area (Å²) in [7, 11) is -4.13. The number of unbranched alkanes of at least 4 members (excludes halogenated alkanes) is 13. The van der Waals surface area contributed by atoms with Gasteiger partial charge in [0.1, 0.15) is 6.10 Å². The van der Waals surface area contributed by atoms with Crippen LogP contribution in [-0.2, 0) is 32.7 Å². The lowest BCUT2D eigenvalue weighted by Gasteiger charge is -2.20. The molecule has 0 amide bonds. The van der Waals surface area contributed by atoms with Gasteiger partial charge in [-0.1, -0.05) is 77.6 Å². The highest BCUT2D eigenvalue weighted by Gasteiger charge is 2.23. The first kappa shape index (κ1) is 37.0. The molecule has 0 aromatic rings. The fraction of sp³-hybridized carbons (Fsp3) is 0.926. The highest BCUT2D eigenvalue weighted by atomic mass is 31.2. The molecule has 11 heteroatoms. The largest absolute Gasteiger partial charge is 0.481 e. The Balaban J connectivity index is 3.81. The van der Waals surface area contributed by atoms with E-state index in [2.05, 4.69) is 0 Å². The third-order valence-electron chi connectivity index (χ3n) is 6.00. The van der Waals surface area contributed by atoms with Gasteiger partial charge in [-0.3, -0.25) is 18.6 Å². The number of ether oxygens (including phenoxy) is 2. The summed E-state index contributed by atoms with van der Waals surface area (Å²) < 4.78 is 33.2. The molecule has 0 spiro atoms. The highest BCUT2D eigenvalue weighted by molar-refractivity contribution is 7.47. The summed E-state index contributed by atoms with van der Waals surface area (Å²) in [5.41, 5.74) is 0. The van der Waals surface area contributed by atoms with E-state index >= 15 is 0 Å². The molecule has 0 aromatic heterocycles. The van der Waals surface area contributed by atoms with Crippen LogP contribution < -0.4 is 0 Å². The van der Waals surface area contributed by atoms with Gasteiger partial charge in [-0.25, -0.2) is 4.57 Å². The van der Waals surface area contributed by atoms with Crippen LogP contribution in [0.15, 0.2) is 0 Å². The maximum Gasteiger partial charge on any atom is 0.472 e. The first-order chi connectivity index (χ1) is 18.3. The van der Waals surface area contributed by atoms with Gasteiger partial charge in [-0.15, -0.1) is 0 Å². The van der Waals surface area contributed by atoms with E-state index in [1.165, 1.54) is 51.4 Å². The summed E-state index contributed by atoms with van der Waals surface area (Å²) in [6, 6.07) is 0. The fourth-order valence-electron chi connectivity index (χ4n) is 3.83. The van der Waals surface area contributed by atoms with Crippen molar-refractivity contribution in [3.8, 4) is 0 Å². The second-order valence-corrected chi connectivity index (χ2v) is 11.2. The van der Waals surface area contributed by atoms with Gasteiger partial charge >= 0.3 is 19.8 Å². The van der Waals surface area contributed by atoms with Gasteiger partial charge in [0.2, 0.25) is 0 Å².